The Morgan fingerprint density at radius 2 is 2.06 bits per heavy atom. The zero-order valence-electron chi connectivity index (χ0n) is 8.41. The van der Waals surface area contributed by atoms with Crippen LogP contribution in [0.4, 0.5) is 13.2 Å². The largest absolute Gasteiger partial charge is 0.416 e. The Kier molecular flexibility index (Phi) is 5.05. The van der Waals surface area contributed by atoms with Gasteiger partial charge in [-0.15, -0.1) is 11.8 Å². The number of pyridine rings is 1. The molecule has 1 aromatic rings. The summed E-state index contributed by atoms with van der Waals surface area (Å²) in [4.78, 5) is 3.69. The number of nitrogens with zero attached hydrogens (tertiary/aromatic N) is 1. The summed E-state index contributed by atoms with van der Waals surface area (Å²) in [6, 6.07) is 1.58. The SMILES string of the molecule is OCC(O)CSc1cc(C(F)(F)F)cc(Cl)n1. The average molecular weight is 288 g/mol. The highest BCUT2D eigenvalue weighted by atomic mass is 35.5. The van der Waals surface area contributed by atoms with E-state index in [9.17, 15) is 13.2 Å². The molecule has 0 radical (unpaired) electrons. The van der Waals surface area contributed by atoms with E-state index in [1.54, 1.807) is 0 Å². The van der Waals surface area contributed by atoms with Crippen LogP contribution in [0.15, 0.2) is 17.2 Å². The number of rotatable bonds is 4. The van der Waals surface area contributed by atoms with Gasteiger partial charge in [0.05, 0.1) is 23.3 Å². The van der Waals surface area contributed by atoms with Crippen molar-refractivity contribution in [2.45, 2.75) is 17.3 Å². The number of aliphatic hydroxyl groups excluding tert-OH is 2. The lowest BCUT2D eigenvalue weighted by molar-refractivity contribution is -0.137. The van der Waals surface area contributed by atoms with Crippen LogP contribution in [0.1, 0.15) is 5.56 Å². The van der Waals surface area contributed by atoms with E-state index in [2.05, 4.69) is 4.98 Å². The second-order valence-corrected chi connectivity index (χ2v) is 4.59. The topological polar surface area (TPSA) is 53.4 Å². The smallest absolute Gasteiger partial charge is 0.394 e. The third kappa shape index (κ3) is 4.71. The Balaban J connectivity index is 2.83. The lowest BCUT2D eigenvalue weighted by atomic mass is 10.3. The second kappa shape index (κ2) is 5.90. The molecule has 0 aliphatic carbocycles. The van der Waals surface area contributed by atoms with Crippen molar-refractivity contribution < 1.29 is 23.4 Å². The van der Waals surface area contributed by atoms with Gasteiger partial charge >= 0.3 is 6.18 Å². The van der Waals surface area contributed by atoms with Crippen molar-refractivity contribution in [2.24, 2.45) is 0 Å². The fraction of sp³-hybridized carbons (Fsp3) is 0.444. The van der Waals surface area contributed by atoms with Gasteiger partial charge in [-0.25, -0.2) is 4.98 Å². The van der Waals surface area contributed by atoms with Crippen LogP contribution < -0.4 is 0 Å². The van der Waals surface area contributed by atoms with Crippen LogP contribution in [-0.2, 0) is 6.18 Å². The molecule has 8 heteroatoms. The maximum atomic E-state index is 12.4. The monoisotopic (exact) mass is 287 g/mol. The first-order valence-electron chi connectivity index (χ1n) is 4.49. The van der Waals surface area contributed by atoms with Crippen LogP contribution in [0, 0.1) is 0 Å². The number of hydrogen-bond donors (Lipinski definition) is 2. The van der Waals surface area contributed by atoms with Crippen molar-refractivity contribution in [3.05, 3.63) is 22.8 Å². The molecule has 2 N–H and O–H groups in total. The number of aliphatic hydroxyl groups is 2. The van der Waals surface area contributed by atoms with E-state index in [0.717, 1.165) is 23.9 Å². The molecule has 0 fully saturated rings. The van der Waals surface area contributed by atoms with Gasteiger partial charge in [-0.2, -0.15) is 13.2 Å². The maximum Gasteiger partial charge on any atom is 0.416 e. The molecule has 0 aromatic carbocycles. The molecule has 0 saturated carbocycles. The van der Waals surface area contributed by atoms with Gasteiger partial charge in [0.1, 0.15) is 5.15 Å². The Hall–Kier alpha value is -0.500. The van der Waals surface area contributed by atoms with Gasteiger partial charge in [-0.05, 0) is 12.1 Å². The highest BCUT2D eigenvalue weighted by Gasteiger charge is 2.31. The number of hydrogen-bond acceptors (Lipinski definition) is 4. The van der Waals surface area contributed by atoms with Crippen molar-refractivity contribution in [1.82, 2.24) is 4.98 Å². The van der Waals surface area contributed by atoms with Gasteiger partial charge in [0.2, 0.25) is 0 Å². The van der Waals surface area contributed by atoms with Crippen molar-refractivity contribution in [3.63, 3.8) is 0 Å². The van der Waals surface area contributed by atoms with Gasteiger partial charge in [-0.3, -0.25) is 0 Å². The van der Waals surface area contributed by atoms with Crippen LogP contribution in [0.2, 0.25) is 5.15 Å². The van der Waals surface area contributed by atoms with Crippen LogP contribution in [0.25, 0.3) is 0 Å². The van der Waals surface area contributed by atoms with Crippen molar-refractivity contribution in [1.29, 1.82) is 0 Å². The van der Waals surface area contributed by atoms with Crippen molar-refractivity contribution in [3.8, 4) is 0 Å². The minimum Gasteiger partial charge on any atom is -0.394 e. The zero-order valence-corrected chi connectivity index (χ0v) is 9.98. The third-order valence-corrected chi connectivity index (χ3v) is 2.98. The predicted octanol–water partition coefficient (Wildman–Crippen LogP) is 2.20. The minimum atomic E-state index is -4.49. The summed E-state index contributed by atoms with van der Waals surface area (Å²) in [7, 11) is 0. The highest BCUT2D eigenvalue weighted by Crippen LogP contribution is 2.33. The summed E-state index contributed by atoms with van der Waals surface area (Å²) in [6.07, 6.45) is -5.49. The Bertz CT molecular complexity index is 389. The number of thioether (sulfide) groups is 1. The molecule has 3 nitrogen and oxygen atoms in total. The van der Waals surface area contributed by atoms with E-state index in [4.69, 9.17) is 21.8 Å². The van der Waals surface area contributed by atoms with E-state index in [1.807, 2.05) is 0 Å². The molecule has 0 bridgehead atoms. The van der Waals surface area contributed by atoms with Crippen LogP contribution >= 0.6 is 23.4 Å². The second-order valence-electron chi connectivity index (χ2n) is 3.16. The van der Waals surface area contributed by atoms with E-state index in [0.29, 0.717) is 0 Å². The third-order valence-electron chi connectivity index (χ3n) is 1.73. The van der Waals surface area contributed by atoms with Gasteiger partial charge in [-0.1, -0.05) is 11.6 Å². The summed E-state index contributed by atoms with van der Waals surface area (Å²) < 4.78 is 37.3. The molecule has 1 heterocycles. The molecule has 0 aliphatic heterocycles. The van der Waals surface area contributed by atoms with Crippen LogP contribution in [0.5, 0.6) is 0 Å². The molecule has 0 amide bonds. The number of halogens is 4. The maximum absolute atomic E-state index is 12.4. The lowest BCUT2D eigenvalue weighted by Crippen LogP contribution is -2.14. The quantitative estimate of drug-likeness (QED) is 0.658. The number of aromatic nitrogens is 1. The standard InChI is InChI=1S/C9H9ClF3NO2S/c10-7-1-5(9(11,12)13)2-8(14-7)17-4-6(16)3-15/h1-2,6,15-16H,3-4H2. The fourth-order valence-corrected chi connectivity index (χ4v) is 2.05. The van der Waals surface area contributed by atoms with Gasteiger partial charge < -0.3 is 10.2 Å². The van der Waals surface area contributed by atoms with E-state index < -0.39 is 24.5 Å². The highest BCUT2D eigenvalue weighted by molar-refractivity contribution is 7.99. The van der Waals surface area contributed by atoms with Crippen molar-refractivity contribution >= 4 is 23.4 Å². The van der Waals surface area contributed by atoms with E-state index in [1.165, 1.54) is 0 Å². The molecule has 1 aromatic heterocycles. The molecule has 96 valence electrons. The van der Waals surface area contributed by atoms with Crippen LogP contribution in [0.3, 0.4) is 0 Å². The molecule has 0 saturated heterocycles. The number of alkyl halides is 3. The molecular formula is C9H9ClF3NO2S. The summed E-state index contributed by atoms with van der Waals surface area (Å²) >= 11 is 6.36. The molecule has 1 atom stereocenters. The van der Waals surface area contributed by atoms with E-state index in [-0.39, 0.29) is 15.9 Å². The Morgan fingerprint density at radius 1 is 1.41 bits per heavy atom. The summed E-state index contributed by atoms with van der Waals surface area (Å²) in [6.45, 7) is -0.459. The van der Waals surface area contributed by atoms with E-state index >= 15 is 0 Å². The first-order valence-corrected chi connectivity index (χ1v) is 5.86. The normalized spacial score (nSPS) is 13.8. The predicted molar refractivity (Wildman–Crippen MR) is 58.1 cm³/mol. The molecular weight excluding hydrogens is 279 g/mol. The zero-order chi connectivity index (χ0) is 13.1. The van der Waals surface area contributed by atoms with Crippen LogP contribution in [-0.4, -0.2) is 33.7 Å². The lowest BCUT2D eigenvalue weighted by Gasteiger charge is -2.10. The summed E-state index contributed by atoms with van der Waals surface area (Å²) in [5.41, 5.74) is -0.890. The molecule has 0 aliphatic rings. The fourth-order valence-electron chi connectivity index (χ4n) is 0.945. The Labute approximate surface area is 105 Å². The average Bonchev–Trinajstić information content (AvgIpc) is 2.24. The molecule has 17 heavy (non-hydrogen) atoms. The Morgan fingerprint density at radius 3 is 2.59 bits per heavy atom. The summed E-state index contributed by atoms with van der Waals surface area (Å²) in [5.74, 6) is 0.0428. The first kappa shape index (κ1) is 14.6. The first-order chi connectivity index (χ1) is 7.82. The summed E-state index contributed by atoms with van der Waals surface area (Å²) in [5, 5.41) is 17.4. The molecule has 1 unspecified atom stereocenters. The molecule has 1 rings (SSSR count). The van der Waals surface area contributed by atoms with Gasteiger partial charge in [0, 0.05) is 5.75 Å². The molecule has 0 spiro atoms. The van der Waals surface area contributed by atoms with Gasteiger partial charge in [0.15, 0.2) is 0 Å². The van der Waals surface area contributed by atoms with Gasteiger partial charge in [0.25, 0.3) is 0 Å². The van der Waals surface area contributed by atoms with Crippen molar-refractivity contribution in [2.75, 3.05) is 12.4 Å². The minimum absolute atomic E-state index is 0.0428.